The lowest BCUT2D eigenvalue weighted by Crippen LogP contribution is -2.22. The Morgan fingerprint density at radius 1 is 1.12 bits per heavy atom. The molecule has 130 valence electrons. The third kappa shape index (κ3) is 5.13. The summed E-state index contributed by atoms with van der Waals surface area (Å²) >= 11 is 0. The topological polar surface area (TPSA) is 98.5 Å². The van der Waals surface area contributed by atoms with Crippen LogP contribution in [-0.2, 0) is 20.7 Å². The van der Waals surface area contributed by atoms with Gasteiger partial charge in [-0.3, -0.25) is 19.7 Å². The minimum absolute atomic E-state index is 0.0554. The second-order valence-corrected chi connectivity index (χ2v) is 5.57. The van der Waals surface area contributed by atoms with Crippen molar-refractivity contribution in [3.05, 3.63) is 69.3 Å². The minimum Gasteiger partial charge on any atom is -0.455 e. The lowest BCUT2D eigenvalue weighted by Gasteiger charge is -2.09. The van der Waals surface area contributed by atoms with Gasteiger partial charge in [0.1, 0.15) is 0 Å². The summed E-state index contributed by atoms with van der Waals surface area (Å²) in [6.07, 6.45) is 0.0938. The molecule has 0 heterocycles. The molecular weight excluding hydrogens is 324 g/mol. The maximum atomic E-state index is 11.9. The number of carbonyl (C=O) groups excluding carboxylic acids is 2. The number of hydrogen-bond acceptors (Lipinski definition) is 5. The predicted octanol–water partition coefficient (Wildman–Crippen LogP) is 2.94. The van der Waals surface area contributed by atoms with Gasteiger partial charge in [0, 0.05) is 17.8 Å². The van der Waals surface area contributed by atoms with Crippen LogP contribution < -0.4 is 5.32 Å². The van der Waals surface area contributed by atoms with Crippen LogP contribution in [0.1, 0.15) is 16.7 Å². The Morgan fingerprint density at radius 2 is 1.84 bits per heavy atom. The summed E-state index contributed by atoms with van der Waals surface area (Å²) in [4.78, 5) is 33.9. The van der Waals surface area contributed by atoms with Crippen LogP contribution in [0.4, 0.5) is 11.4 Å². The number of benzene rings is 2. The molecule has 2 aromatic rings. The maximum absolute atomic E-state index is 11.9. The first-order valence-electron chi connectivity index (χ1n) is 7.62. The fraction of sp³-hybridized carbons (Fsp3) is 0.222. The molecule has 1 N–H and O–H groups in total. The number of amides is 1. The number of ether oxygens (including phenoxy) is 1. The summed E-state index contributed by atoms with van der Waals surface area (Å²) in [5, 5.41) is 13.3. The van der Waals surface area contributed by atoms with Gasteiger partial charge in [0.25, 0.3) is 11.6 Å². The summed E-state index contributed by atoms with van der Waals surface area (Å²) in [5.74, 6) is -1.00. The molecule has 0 aliphatic heterocycles. The lowest BCUT2D eigenvalue weighted by atomic mass is 10.1. The van der Waals surface area contributed by atoms with Crippen molar-refractivity contribution >= 4 is 23.3 Å². The van der Waals surface area contributed by atoms with Gasteiger partial charge in [-0.2, -0.15) is 0 Å². The van der Waals surface area contributed by atoms with Crippen molar-refractivity contribution in [2.45, 2.75) is 20.3 Å². The first-order valence-corrected chi connectivity index (χ1v) is 7.62. The fourth-order valence-corrected chi connectivity index (χ4v) is 2.25. The molecular formula is C18H18N2O5. The smallest absolute Gasteiger partial charge is 0.310 e. The Bertz CT molecular complexity index is 817. The van der Waals surface area contributed by atoms with E-state index in [0.29, 0.717) is 11.3 Å². The van der Waals surface area contributed by atoms with Gasteiger partial charge >= 0.3 is 5.97 Å². The minimum atomic E-state index is -0.508. The van der Waals surface area contributed by atoms with Gasteiger partial charge in [0.05, 0.1) is 11.3 Å². The molecule has 2 aromatic carbocycles. The van der Waals surface area contributed by atoms with Crippen LogP contribution >= 0.6 is 0 Å². The summed E-state index contributed by atoms with van der Waals surface area (Å²) < 4.78 is 4.98. The monoisotopic (exact) mass is 342 g/mol. The van der Waals surface area contributed by atoms with Crippen molar-refractivity contribution in [3.63, 3.8) is 0 Å². The molecule has 0 aromatic heterocycles. The van der Waals surface area contributed by atoms with Crippen molar-refractivity contribution in [2.75, 3.05) is 11.9 Å². The number of carbonyl (C=O) groups is 2. The number of aryl methyl sites for hydroxylation is 2. The number of non-ortho nitro benzene ring substituents is 1. The SMILES string of the molecule is Cc1ccccc1CC(=O)OCC(=O)Nc1ccc([N+](=O)[O-])cc1C. The van der Waals surface area contributed by atoms with Crippen molar-refractivity contribution in [2.24, 2.45) is 0 Å². The van der Waals surface area contributed by atoms with Gasteiger partial charge in [0.2, 0.25) is 0 Å². The summed E-state index contributed by atoms with van der Waals surface area (Å²) in [7, 11) is 0. The second-order valence-electron chi connectivity index (χ2n) is 5.57. The third-order valence-electron chi connectivity index (χ3n) is 3.66. The number of nitro groups is 1. The van der Waals surface area contributed by atoms with Gasteiger partial charge in [0.15, 0.2) is 6.61 Å². The zero-order valence-corrected chi connectivity index (χ0v) is 13.9. The van der Waals surface area contributed by atoms with E-state index < -0.39 is 23.4 Å². The molecule has 0 bridgehead atoms. The molecule has 0 atom stereocenters. The molecule has 7 nitrogen and oxygen atoms in total. The van der Waals surface area contributed by atoms with E-state index in [1.54, 1.807) is 6.92 Å². The molecule has 0 saturated heterocycles. The van der Waals surface area contributed by atoms with E-state index in [4.69, 9.17) is 4.74 Å². The molecule has 7 heteroatoms. The van der Waals surface area contributed by atoms with Gasteiger partial charge in [-0.05, 0) is 36.6 Å². The summed E-state index contributed by atoms with van der Waals surface area (Å²) in [6, 6.07) is 11.5. The Labute approximate surface area is 144 Å². The van der Waals surface area contributed by atoms with Crippen LogP contribution in [-0.4, -0.2) is 23.4 Å². The van der Waals surface area contributed by atoms with Gasteiger partial charge in [-0.1, -0.05) is 24.3 Å². The number of nitrogens with one attached hydrogen (secondary N) is 1. The predicted molar refractivity (Wildman–Crippen MR) is 92.3 cm³/mol. The van der Waals surface area contributed by atoms with E-state index in [-0.39, 0.29) is 12.1 Å². The van der Waals surface area contributed by atoms with Crippen LogP contribution in [0.25, 0.3) is 0 Å². The number of nitrogens with zero attached hydrogens (tertiary/aromatic N) is 1. The number of hydrogen-bond donors (Lipinski definition) is 1. The van der Waals surface area contributed by atoms with E-state index in [1.165, 1.54) is 18.2 Å². The lowest BCUT2D eigenvalue weighted by molar-refractivity contribution is -0.384. The van der Waals surface area contributed by atoms with Crippen LogP contribution in [0.3, 0.4) is 0 Å². The summed E-state index contributed by atoms with van der Waals surface area (Å²) in [6.45, 7) is 3.13. The van der Waals surface area contributed by atoms with Gasteiger partial charge in [-0.15, -0.1) is 0 Å². The van der Waals surface area contributed by atoms with E-state index in [2.05, 4.69) is 5.32 Å². The number of anilines is 1. The highest BCUT2D eigenvalue weighted by Gasteiger charge is 2.13. The Hall–Kier alpha value is -3.22. The largest absolute Gasteiger partial charge is 0.455 e. The van der Waals surface area contributed by atoms with Crippen molar-refractivity contribution in [1.82, 2.24) is 0 Å². The van der Waals surface area contributed by atoms with Crippen molar-refractivity contribution < 1.29 is 19.2 Å². The average molecular weight is 342 g/mol. The van der Waals surface area contributed by atoms with E-state index in [9.17, 15) is 19.7 Å². The standard InChI is InChI=1S/C18H18N2O5/c1-12-5-3-4-6-14(12)10-18(22)25-11-17(21)19-16-8-7-15(20(23)24)9-13(16)2/h3-9H,10-11H2,1-2H3,(H,19,21). The quantitative estimate of drug-likeness (QED) is 0.494. The number of nitro benzene ring substituents is 1. The number of rotatable bonds is 6. The van der Waals surface area contributed by atoms with Crippen LogP contribution in [0.15, 0.2) is 42.5 Å². The van der Waals surface area contributed by atoms with Crippen molar-refractivity contribution in [1.29, 1.82) is 0 Å². The average Bonchev–Trinajstić information content (AvgIpc) is 2.57. The zero-order valence-electron chi connectivity index (χ0n) is 13.9. The molecule has 1 amide bonds. The van der Waals surface area contributed by atoms with E-state index >= 15 is 0 Å². The van der Waals surface area contributed by atoms with Crippen molar-refractivity contribution in [3.8, 4) is 0 Å². The van der Waals surface area contributed by atoms with Crippen LogP contribution in [0.5, 0.6) is 0 Å². The Morgan fingerprint density at radius 3 is 2.48 bits per heavy atom. The molecule has 0 aliphatic rings. The normalized spacial score (nSPS) is 10.2. The summed E-state index contributed by atoms with van der Waals surface area (Å²) in [5.41, 5.74) is 2.75. The molecule has 0 spiro atoms. The van der Waals surface area contributed by atoms with E-state index in [1.807, 2.05) is 31.2 Å². The molecule has 0 saturated carbocycles. The first-order chi connectivity index (χ1) is 11.9. The molecule has 0 aliphatic carbocycles. The van der Waals surface area contributed by atoms with Crippen LogP contribution in [0, 0.1) is 24.0 Å². The molecule has 0 unspecified atom stereocenters. The molecule has 2 rings (SSSR count). The highest BCUT2D eigenvalue weighted by Crippen LogP contribution is 2.21. The maximum Gasteiger partial charge on any atom is 0.310 e. The molecule has 0 fully saturated rings. The first kappa shape index (κ1) is 18.1. The zero-order chi connectivity index (χ0) is 18.4. The fourth-order valence-electron chi connectivity index (χ4n) is 2.25. The van der Waals surface area contributed by atoms with Gasteiger partial charge in [-0.25, -0.2) is 0 Å². The molecule has 0 radical (unpaired) electrons. The highest BCUT2D eigenvalue weighted by molar-refractivity contribution is 5.93. The third-order valence-corrected chi connectivity index (χ3v) is 3.66. The van der Waals surface area contributed by atoms with Gasteiger partial charge < -0.3 is 10.1 Å². The highest BCUT2D eigenvalue weighted by atomic mass is 16.6. The Kier molecular flexibility index (Phi) is 5.84. The molecule has 25 heavy (non-hydrogen) atoms. The number of esters is 1. The second kappa shape index (κ2) is 8.05. The van der Waals surface area contributed by atoms with Crippen LogP contribution in [0.2, 0.25) is 0 Å². The van der Waals surface area contributed by atoms with E-state index in [0.717, 1.165) is 11.1 Å². The Balaban J connectivity index is 1.87.